The van der Waals surface area contributed by atoms with Gasteiger partial charge in [0, 0.05) is 5.92 Å². The number of halogens is 1. The van der Waals surface area contributed by atoms with Crippen LogP contribution in [0.3, 0.4) is 0 Å². The van der Waals surface area contributed by atoms with E-state index >= 15 is 0 Å². The Morgan fingerprint density at radius 3 is 2.87 bits per heavy atom. The summed E-state index contributed by atoms with van der Waals surface area (Å²) in [6, 6.07) is 4.53. The van der Waals surface area contributed by atoms with Crippen molar-refractivity contribution in [2.75, 3.05) is 6.61 Å². The average Bonchev–Trinajstić information content (AvgIpc) is 2.22. The zero-order valence-electron chi connectivity index (χ0n) is 9.09. The summed E-state index contributed by atoms with van der Waals surface area (Å²) in [5.41, 5.74) is 0.835. The molecule has 1 atom stereocenters. The summed E-state index contributed by atoms with van der Waals surface area (Å²) in [4.78, 5) is 0. The molecule has 0 saturated heterocycles. The Labute approximate surface area is 90.3 Å². The van der Waals surface area contributed by atoms with E-state index in [1.165, 1.54) is 12.1 Å². The Balaban J connectivity index is 2.92. The van der Waals surface area contributed by atoms with Crippen LogP contribution in [0.25, 0.3) is 0 Å². The Hall–Kier alpha value is -1.49. The monoisotopic (exact) mass is 206 g/mol. The second-order valence-electron chi connectivity index (χ2n) is 3.46. The van der Waals surface area contributed by atoms with Gasteiger partial charge in [0.1, 0.15) is 11.6 Å². The highest BCUT2D eigenvalue weighted by Crippen LogP contribution is 2.22. The van der Waals surface area contributed by atoms with Gasteiger partial charge in [0.05, 0.1) is 6.61 Å². The maximum Gasteiger partial charge on any atom is 0.123 e. The van der Waals surface area contributed by atoms with Gasteiger partial charge >= 0.3 is 0 Å². The Morgan fingerprint density at radius 1 is 1.53 bits per heavy atom. The Bertz CT molecular complexity index is 365. The van der Waals surface area contributed by atoms with E-state index in [0.29, 0.717) is 13.0 Å². The molecule has 1 unspecified atom stereocenters. The van der Waals surface area contributed by atoms with E-state index in [2.05, 4.69) is 5.92 Å². The van der Waals surface area contributed by atoms with Crippen LogP contribution in [-0.4, -0.2) is 6.61 Å². The normalized spacial score (nSPS) is 11.9. The summed E-state index contributed by atoms with van der Waals surface area (Å²) < 4.78 is 18.4. The van der Waals surface area contributed by atoms with E-state index in [0.717, 1.165) is 11.3 Å². The fourth-order valence-corrected chi connectivity index (χ4v) is 1.39. The number of rotatable bonds is 4. The third kappa shape index (κ3) is 3.28. The van der Waals surface area contributed by atoms with E-state index in [1.807, 2.05) is 13.8 Å². The van der Waals surface area contributed by atoms with Crippen molar-refractivity contribution in [3.63, 3.8) is 0 Å². The quantitative estimate of drug-likeness (QED) is 0.688. The van der Waals surface area contributed by atoms with Crippen LogP contribution in [0.1, 0.15) is 19.4 Å². The molecule has 0 amide bonds. The predicted octanol–water partition coefficient (Wildman–Crippen LogP) is 3.04. The highest BCUT2D eigenvalue weighted by molar-refractivity contribution is 5.34. The lowest BCUT2D eigenvalue weighted by Gasteiger charge is -2.11. The summed E-state index contributed by atoms with van der Waals surface area (Å²) in [6.07, 6.45) is 5.94. The topological polar surface area (TPSA) is 9.23 Å². The van der Waals surface area contributed by atoms with Gasteiger partial charge in [-0.25, -0.2) is 4.39 Å². The van der Waals surface area contributed by atoms with Gasteiger partial charge in [-0.05, 0) is 37.1 Å². The number of terminal acetylenes is 1. The van der Waals surface area contributed by atoms with Crippen LogP contribution in [0.15, 0.2) is 18.2 Å². The van der Waals surface area contributed by atoms with Gasteiger partial charge in [0.15, 0.2) is 0 Å². The minimum Gasteiger partial charge on any atom is -0.494 e. The van der Waals surface area contributed by atoms with Gasteiger partial charge in [-0.2, -0.15) is 0 Å². The highest BCUT2D eigenvalue weighted by atomic mass is 19.1. The summed E-state index contributed by atoms with van der Waals surface area (Å²) in [6.45, 7) is 4.40. The molecule has 0 N–H and O–H groups in total. The first-order valence-corrected chi connectivity index (χ1v) is 5.04. The van der Waals surface area contributed by atoms with Crippen molar-refractivity contribution in [3.8, 4) is 18.1 Å². The number of benzene rings is 1. The molecule has 0 radical (unpaired) electrons. The van der Waals surface area contributed by atoms with Crippen molar-refractivity contribution >= 4 is 0 Å². The molecule has 0 aliphatic heterocycles. The molecule has 0 spiro atoms. The summed E-state index contributed by atoms with van der Waals surface area (Å²) in [7, 11) is 0. The van der Waals surface area contributed by atoms with Gasteiger partial charge in [-0.15, -0.1) is 12.3 Å². The molecule has 80 valence electrons. The molecule has 0 aliphatic carbocycles. The molecule has 1 rings (SSSR count). The predicted molar refractivity (Wildman–Crippen MR) is 59.3 cm³/mol. The first-order valence-electron chi connectivity index (χ1n) is 5.04. The molecule has 0 heterocycles. The van der Waals surface area contributed by atoms with Crippen LogP contribution < -0.4 is 4.74 Å². The molecule has 0 saturated carbocycles. The molecule has 1 nitrogen and oxygen atoms in total. The van der Waals surface area contributed by atoms with Gasteiger partial charge in [-0.3, -0.25) is 0 Å². The lowest BCUT2D eigenvalue weighted by atomic mass is 10.0. The lowest BCUT2D eigenvalue weighted by molar-refractivity contribution is 0.335. The van der Waals surface area contributed by atoms with Crippen LogP contribution in [0.2, 0.25) is 0 Å². The number of hydrogen-bond donors (Lipinski definition) is 0. The molecule has 2 heteroatoms. The summed E-state index contributed by atoms with van der Waals surface area (Å²) in [5, 5.41) is 0. The Kier molecular flexibility index (Phi) is 4.17. The highest BCUT2D eigenvalue weighted by Gasteiger charge is 2.08. The van der Waals surface area contributed by atoms with Gasteiger partial charge in [-0.1, -0.05) is 6.92 Å². The van der Waals surface area contributed by atoms with Crippen LogP contribution in [0.4, 0.5) is 4.39 Å². The van der Waals surface area contributed by atoms with Crippen LogP contribution in [0.5, 0.6) is 5.75 Å². The molecule has 0 aliphatic rings. The molecular formula is C13H15FO. The minimum absolute atomic E-state index is 0.0889. The second kappa shape index (κ2) is 5.41. The van der Waals surface area contributed by atoms with Crippen LogP contribution in [-0.2, 0) is 6.42 Å². The molecular weight excluding hydrogens is 191 g/mol. The SMILES string of the molecule is C#CC(C)Cc1cc(F)ccc1OCC. The zero-order valence-corrected chi connectivity index (χ0v) is 9.09. The van der Waals surface area contributed by atoms with Gasteiger partial charge in [0.2, 0.25) is 0 Å². The third-order valence-corrected chi connectivity index (χ3v) is 2.13. The number of hydrogen-bond acceptors (Lipinski definition) is 1. The molecule has 1 aromatic carbocycles. The third-order valence-electron chi connectivity index (χ3n) is 2.13. The van der Waals surface area contributed by atoms with E-state index in [4.69, 9.17) is 11.2 Å². The Morgan fingerprint density at radius 2 is 2.27 bits per heavy atom. The van der Waals surface area contributed by atoms with Crippen molar-refractivity contribution in [1.29, 1.82) is 0 Å². The van der Waals surface area contributed by atoms with Gasteiger partial charge < -0.3 is 4.74 Å². The average molecular weight is 206 g/mol. The zero-order chi connectivity index (χ0) is 11.3. The molecule has 0 fully saturated rings. The maximum absolute atomic E-state index is 13.0. The van der Waals surface area contributed by atoms with Crippen molar-refractivity contribution in [2.45, 2.75) is 20.3 Å². The number of ether oxygens (including phenoxy) is 1. The van der Waals surface area contributed by atoms with Crippen molar-refractivity contribution in [3.05, 3.63) is 29.6 Å². The van der Waals surface area contributed by atoms with Crippen molar-refractivity contribution in [1.82, 2.24) is 0 Å². The maximum atomic E-state index is 13.0. The standard InChI is InChI=1S/C13H15FO/c1-4-10(3)8-11-9-12(14)6-7-13(11)15-5-2/h1,6-7,9-10H,5,8H2,2-3H3. The fourth-order valence-electron chi connectivity index (χ4n) is 1.39. The molecule has 0 bridgehead atoms. The fraction of sp³-hybridized carbons (Fsp3) is 0.385. The van der Waals surface area contributed by atoms with E-state index in [1.54, 1.807) is 6.07 Å². The van der Waals surface area contributed by atoms with E-state index in [9.17, 15) is 4.39 Å². The largest absolute Gasteiger partial charge is 0.494 e. The lowest BCUT2D eigenvalue weighted by Crippen LogP contribution is -2.02. The molecule has 0 aromatic heterocycles. The van der Waals surface area contributed by atoms with E-state index in [-0.39, 0.29) is 11.7 Å². The first kappa shape index (κ1) is 11.6. The minimum atomic E-state index is -0.252. The summed E-state index contributed by atoms with van der Waals surface area (Å²) >= 11 is 0. The molecule has 1 aromatic rings. The smallest absolute Gasteiger partial charge is 0.123 e. The van der Waals surface area contributed by atoms with Crippen molar-refractivity contribution in [2.24, 2.45) is 5.92 Å². The van der Waals surface area contributed by atoms with Crippen molar-refractivity contribution < 1.29 is 9.13 Å². The van der Waals surface area contributed by atoms with Crippen LogP contribution >= 0.6 is 0 Å². The summed E-state index contributed by atoms with van der Waals surface area (Å²) in [5.74, 6) is 3.18. The van der Waals surface area contributed by atoms with Crippen LogP contribution in [0, 0.1) is 24.1 Å². The van der Waals surface area contributed by atoms with E-state index < -0.39 is 0 Å². The first-order chi connectivity index (χ1) is 7.17. The molecule has 15 heavy (non-hydrogen) atoms. The van der Waals surface area contributed by atoms with Gasteiger partial charge in [0.25, 0.3) is 0 Å². The second-order valence-corrected chi connectivity index (χ2v) is 3.46.